The van der Waals surface area contributed by atoms with Gasteiger partial charge in [0.25, 0.3) is 0 Å². The molecule has 1 saturated heterocycles. The van der Waals surface area contributed by atoms with Crippen molar-refractivity contribution in [2.75, 3.05) is 25.5 Å². The Morgan fingerprint density at radius 1 is 1.42 bits per heavy atom. The Kier molecular flexibility index (Phi) is 5.43. The minimum atomic E-state index is -0.0172. The molecule has 1 aromatic heterocycles. The molecule has 1 fully saturated rings. The SMILES string of the molecule is COc1ccc(NC(=O)CN2CCCC2c2ccc(C)s2)cc1Cl. The number of nitrogens with zero attached hydrogens (tertiary/aromatic N) is 1. The number of carbonyl (C=O) groups excluding carboxylic acids is 1. The van der Waals surface area contributed by atoms with E-state index in [0.717, 1.165) is 19.4 Å². The molecule has 1 unspecified atom stereocenters. The minimum absolute atomic E-state index is 0.0172. The Hall–Kier alpha value is -1.56. The smallest absolute Gasteiger partial charge is 0.238 e. The third-order valence-electron chi connectivity index (χ3n) is 4.24. The van der Waals surface area contributed by atoms with Gasteiger partial charge in [0.2, 0.25) is 5.91 Å². The van der Waals surface area contributed by atoms with Gasteiger partial charge in [-0.15, -0.1) is 11.3 Å². The van der Waals surface area contributed by atoms with Gasteiger partial charge in [-0.25, -0.2) is 0 Å². The number of halogens is 1. The molecule has 4 nitrogen and oxygen atoms in total. The lowest BCUT2D eigenvalue weighted by molar-refractivity contribution is -0.117. The fraction of sp³-hybridized carbons (Fsp3) is 0.389. The van der Waals surface area contributed by atoms with Crippen molar-refractivity contribution in [1.82, 2.24) is 4.90 Å². The molecule has 0 radical (unpaired) electrons. The van der Waals surface area contributed by atoms with E-state index >= 15 is 0 Å². The van der Waals surface area contributed by atoms with Gasteiger partial charge in [0, 0.05) is 21.5 Å². The van der Waals surface area contributed by atoms with Gasteiger partial charge in [-0.1, -0.05) is 11.6 Å². The summed E-state index contributed by atoms with van der Waals surface area (Å²) < 4.78 is 5.13. The van der Waals surface area contributed by atoms with Crippen LogP contribution in [0.2, 0.25) is 5.02 Å². The topological polar surface area (TPSA) is 41.6 Å². The van der Waals surface area contributed by atoms with Crippen molar-refractivity contribution in [2.45, 2.75) is 25.8 Å². The highest BCUT2D eigenvalue weighted by molar-refractivity contribution is 7.12. The van der Waals surface area contributed by atoms with Crippen molar-refractivity contribution >= 4 is 34.5 Å². The summed E-state index contributed by atoms with van der Waals surface area (Å²) in [7, 11) is 1.57. The monoisotopic (exact) mass is 364 g/mol. The van der Waals surface area contributed by atoms with E-state index in [1.807, 2.05) is 11.3 Å². The van der Waals surface area contributed by atoms with Crippen LogP contribution >= 0.6 is 22.9 Å². The largest absolute Gasteiger partial charge is 0.495 e. The molecule has 0 spiro atoms. The number of carbonyl (C=O) groups is 1. The predicted octanol–water partition coefficient (Wildman–Crippen LogP) is 4.49. The Morgan fingerprint density at radius 2 is 2.25 bits per heavy atom. The highest BCUT2D eigenvalue weighted by atomic mass is 35.5. The normalized spacial score (nSPS) is 17.9. The first-order valence-corrected chi connectivity index (χ1v) is 9.20. The maximum absolute atomic E-state index is 12.4. The van der Waals surface area contributed by atoms with Crippen LogP contribution in [0.4, 0.5) is 5.69 Å². The second-order valence-electron chi connectivity index (χ2n) is 5.97. The van der Waals surface area contributed by atoms with Crippen molar-refractivity contribution in [1.29, 1.82) is 0 Å². The molecule has 0 bridgehead atoms. The van der Waals surface area contributed by atoms with Crippen molar-refractivity contribution in [3.05, 3.63) is 45.1 Å². The molecular weight excluding hydrogens is 344 g/mol. The summed E-state index contributed by atoms with van der Waals surface area (Å²) in [6.07, 6.45) is 2.24. The van der Waals surface area contributed by atoms with E-state index in [0.29, 0.717) is 29.0 Å². The van der Waals surface area contributed by atoms with Crippen LogP contribution in [0, 0.1) is 6.92 Å². The number of hydrogen-bond donors (Lipinski definition) is 1. The maximum atomic E-state index is 12.4. The van der Waals surface area contributed by atoms with Crippen LogP contribution in [0.3, 0.4) is 0 Å². The molecule has 6 heteroatoms. The number of hydrogen-bond acceptors (Lipinski definition) is 4. The van der Waals surface area contributed by atoms with E-state index in [1.54, 1.807) is 25.3 Å². The maximum Gasteiger partial charge on any atom is 0.238 e. The average Bonchev–Trinajstić information content (AvgIpc) is 3.16. The number of nitrogens with one attached hydrogen (secondary N) is 1. The molecule has 3 rings (SSSR count). The van der Waals surface area contributed by atoms with Crippen LogP contribution in [0.15, 0.2) is 30.3 Å². The zero-order valence-electron chi connectivity index (χ0n) is 13.8. The van der Waals surface area contributed by atoms with E-state index in [1.165, 1.54) is 9.75 Å². The molecular formula is C18H21ClN2O2S. The molecule has 1 atom stereocenters. The first-order chi connectivity index (χ1) is 11.6. The summed E-state index contributed by atoms with van der Waals surface area (Å²) in [5.74, 6) is 0.582. The number of benzene rings is 1. The lowest BCUT2D eigenvalue weighted by Crippen LogP contribution is -2.32. The van der Waals surface area contributed by atoms with Gasteiger partial charge in [-0.2, -0.15) is 0 Å². The average molecular weight is 365 g/mol. The van der Waals surface area contributed by atoms with Gasteiger partial charge >= 0.3 is 0 Å². The van der Waals surface area contributed by atoms with Crippen LogP contribution in [0.1, 0.15) is 28.6 Å². The quantitative estimate of drug-likeness (QED) is 0.849. The highest BCUT2D eigenvalue weighted by Crippen LogP contribution is 2.35. The van der Waals surface area contributed by atoms with Gasteiger partial charge in [0.05, 0.1) is 18.7 Å². The van der Waals surface area contributed by atoms with Gasteiger partial charge in [0.1, 0.15) is 5.75 Å². The molecule has 0 saturated carbocycles. The Labute approximate surface area is 151 Å². The summed E-state index contributed by atoms with van der Waals surface area (Å²) in [4.78, 5) is 17.3. The summed E-state index contributed by atoms with van der Waals surface area (Å²) in [5.41, 5.74) is 0.688. The minimum Gasteiger partial charge on any atom is -0.495 e. The predicted molar refractivity (Wildman–Crippen MR) is 99.2 cm³/mol. The van der Waals surface area contributed by atoms with Crippen molar-refractivity contribution in [2.24, 2.45) is 0 Å². The van der Waals surface area contributed by atoms with Crippen LogP contribution in [0.5, 0.6) is 5.75 Å². The number of amides is 1. The van der Waals surface area contributed by atoms with Crippen molar-refractivity contribution in [3.63, 3.8) is 0 Å². The zero-order valence-corrected chi connectivity index (χ0v) is 15.4. The van der Waals surface area contributed by atoms with E-state index < -0.39 is 0 Å². The second-order valence-corrected chi connectivity index (χ2v) is 7.70. The molecule has 1 amide bonds. The van der Waals surface area contributed by atoms with Crippen molar-refractivity contribution < 1.29 is 9.53 Å². The first kappa shape index (κ1) is 17.3. The summed E-state index contributed by atoms with van der Waals surface area (Å²) >= 11 is 7.92. The molecule has 24 heavy (non-hydrogen) atoms. The summed E-state index contributed by atoms with van der Waals surface area (Å²) in [5, 5.41) is 3.41. The van der Waals surface area contributed by atoms with Crippen LogP contribution in [-0.4, -0.2) is 31.0 Å². The number of likely N-dealkylation sites (tertiary alicyclic amines) is 1. The molecule has 2 aromatic rings. The van der Waals surface area contributed by atoms with Gasteiger partial charge < -0.3 is 10.1 Å². The molecule has 1 aliphatic rings. The number of ether oxygens (including phenoxy) is 1. The molecule has 1 N–H and O–H groups in total. The molecule has 1 aromatic carbocycles. The number of methoxy groups -OCH3 is 1. The van der Waals surface area contributed by atoms with Gasteiger partial charge in [-0.05, 0) is 56.6 Å². The van der Waals surface area contributed by atoms with Crippen LogP contribution < -0.4 is 10.1 Å². The van der Waals surface area contributed by atoms with Crippen LogP contribution in [-0.2, 0) is 4.79 Å². The van der Waals surface area contributed by atoms with E-state index in [-0.39, 0.29) is 5.91 Å². The molecule has 128 valence electrons. The summed E-state index contributed by atoms with van der Waals surface area (Å²) in [6.45, 7) is 3.47. The van der Waals surface area contributed by atoms with E-state index in [9.17, 15) is 4.79 Å². The number of thiophene rings is 1. The third-order valence-corrected chi connectivity index (χ3v) is 5.63. The number of anilines is 1. The van der Waals surface area contributed by atoms with Gasteiger partial charge in [0.15, 0.2) is 0 Å². The summed E-state index contributed by atoms with van der Waals surface area (Å²) in [6, 6.07) is 9.95. The molecule has 2 heterocycles. The Morgan fingerprint density at radius 3 is 2.92 bits per heavy atom. The lowest BCUT2D eigenvalue weighted by atomic mass is 10.2. The standard InChI is InChI=1S/C18H21ClN2O2S/c1-12-5-8-17(24-12)15-4-3-9-21(15)11-18(22)20-13-6-7-16(23-2)14(19)10-13/h5-8,10,15H,3-4,9,11H2,1-2H3,(H,20,22). The Bertz CT molecular complexity index is 732. The fourth-order valence-corrected chi connectivity index (χ4v) is 4.40. The van der Waals surface area contributed by atoms with E-state index in [4.69, 9.17) is 16.3 Å². The van der Waals surface area contributed by atoms with E-state index in [2.05, 4.69) is 29.3 Å². The Balaban J connectivity index is 1.62. The highest BCUT2D eigenvalue weighted by Gasteiger charge is 2.28. The third kappa shape index (κ3) is 3.91. The molecule has 0 aliphatic carbocycles. The second kappa shape index (κ2) is 7.55. The van der Waals surface area contributed by atoms with Crippen LogP contribution in [0.25, 0.3) is 0 Å². The van der Waals surface area contributed by atoms with Gasteiger partial charge in [-0.3, -0.25) is 9.69 Å². The van der Waals surface area contributed by atoms with Crippen molar-refractivity contribution in [3.8, 4) is 5.75 Å². The zero-order chi connectivity index (χ0) is 17.1. The lowest BCUT2D eigenvalue weighted by Gasteiger charge is -2.23. The molecule has 1 aliphatic heterocycles. The number of aryl methyl sites for hydroxylation is 1. The number of rotatable bonds is 5. The first-order valence-electron chi connectivity index (χ1n) is 8.00. The fourth-order valence-electron chi connectivity index (χ4n) is 3.10.